The van der Waals surface area contributed by atoms with Crippen molar-refractivity contribution in [1.82, 2.24) is 9.78 Å². The minimum Gasteiger partial charge on any atom is -0.461 e. The second-order valence-corrected chi connectivity index (χ2v) is 5.31. The molecule has 0 N–H and O–H groups in total. The number of hydrogen-bond donors (Lipinski definition) is 0. The van der Waals surface area contributed by atoms with Gasteiger partial charge in [0.1, 0.15) is 0 Å². The van der Waals surface area contributed by atoms with E-state index in [0.717, 1.165) is 12.8 Å². The quantitative estimate of drug-likeness (QED) is 0.627. The van der Waals surface area contributed by atoms with Crippen molar-refractivity contribution in [3.8, 4) is 5.69 Å². The van der Waals surface area contributed by atoms with E-state index in [0.29, 0.717) is 16.4 Å². The van der Waals surface area contributed by atoms with Crippen LogP contribution in [0, 0.1) is 6.92 Å². The SMILES string of the molecule is CCCCOC(=O)c1nn(-c2ccc(Cl)cc2)c(C)cc1=O. The van der Waals surface area contributed by atoms with Crippen molar-refractivity contribution in [2.24, 2.45) is 0 Å². The molecule has 0 fully saturated rings. The van der Waals surface area contributed by atoms with Crippen LogP contribution in [0.3, 0.4) is 0 Å². The molecule has 0 saturated heterocycles. The van der Waals surface area contributed by atoms with Gasteiger partial charge in [-0.25, -0.2) is 9.48 Å². The minimum absolute atomic E-state index is 0.211. The highest BCUT2D eigenvalue weighted by molar-refractivity contribution is 6.30. The normalized spacial score (nSPS) is 10.5. The van der Waals surface area contributed by atoms with Crippen LogP contribution in [0.25, 0.3) is 5.69 Å². The number of rotatable bonds is 5. The van der Waals surface area contributed by atoms with Crippen molar-refractivity contribution < 1.29 is 9.53 Å². The number of aryl methyl sites for hydroxylation is 1. The van der Waals surface area contributed by atoms with E-state index >= 15 is 0 Å². The lowest BCUT2D eigenvalue weighted by atomic mass is 10.3. The van der Waals surface area contributed by atoms with Gasteiger partial charge in [-0.05, 0) is 37.6 Å². The third-order valence-corrected chi connectivity index (χ3v) is 3.36. The molecular formula is C16H17ClN2O3. The number of ether oxygens (including phenoxy) is 1. The Morgan fingerprint density at radius 1 is 1.32 bits per heavy atom. The molecule has 2 rings (SSSR count). The Morgan fingerprint density at radius 3 is 2.64 bits per heavy atom. The summed E-state index contributed by atoms with van der Waals surface area (Å²) in [6.07, 6.45) is 1.66. The lowest BCUT2D eigenvalue weighted by molar-refractivity contribution is 0.0489. The molecule has 0 bridgehead atoms. The fourth-order valence-electron chi connectivity index (χ4n) is 1.91. The molecule has 116 valence electrons. The molecule has 0 amide bonds. The summed E-state index contributed by atoms with van der Waals surface area (Å²) >= 11 is 5.86. The Balaban J connectivity index is 2.36. The first-order valence-electron chi connectivity index (χ1n) is 7.07. The van der Waals surface area contributed by atoms with Gasteiger partial charge in [0.2, 0.25) is 11.1 Å². The van der Waals surface area contributed by atoms with Crippen molar-refractivity contribution in [3.63, 3.8) is 0 Å². The third-order valence-electron chi connectivity index (χ3n) is 3.10. The van der Waals surface area contributed by atoms with Crippen molar-refractivity contribution in [3.05, 3.63) is 57.0 Å². The summed E-state index contributed by atoms with van der Waals surface area (Å²) in [5.74, 6) is -0.693. The van der Waals surface area contributed by atoms with Crippen LogP contribution in [-0.4, -0.2) is 22.4 Å². The predicted octanol–water partition coefficient (Wildman–Crippen LogP) is 3.15. The van der Waals surface area contributed by atoms with Crippen LogP contribution in [-0.2, 0) is 4.74 Å². The molecule has 1 heterocycles. The van der Waals surface area contributed by atoms with E-state index in [1.807, 2.05) is 6.92 Å². The van der Waals surface area contributed by atoms with Gasteiger partial charge in [-0.1, -0.05) is 24.9 Å². The largest absolute Gasteiger partial charge is 0.461 e. The van der Waals surface area contributed by atoms with Crippen molar-refractivity contribution in [2.75, 3.05) is 6.61 Å². The summed E-state index contributed by atoms with van der Waals surface area (Å²) < 4.78 is 6.59. The van der Waals surface area contributed by atoms with Crippen LogP contribution in [0.15, 0.2) is 35.1 Å². The van der Waals surface area contributed by atoms with E-state index < -0.39 is 11.4 Å². The van der Waals surface area contributed by atoms with Gasteiger partial charge in [-0.2, -0.15) is 5.10 Å². The first-order chi connectivity index (χ1) is 10.5. The van der Waals surface area contributed by atoms with Gasteiger partial charge in [0, 0.05) is 16.8 Å². The minimum atomic E-state index is -0.693. The molecule has 1 aromatic heterocycles. The Labute approximate surface area is 133 Å². The Hall–Kier alpha value is -2.14. The van der Waals surface area contributed by atoms with Gasteiger partial charge in [0.15, 0.2) is 0 Å². The molecule has 0 aliphatic carbocycles. The fraction of sp³-hybridized carbons (Fsp3) is 0.312. The summed E-state index contributed by atoms with van der Waals surface area (Å²) in [5, 5.41) is 4.74. The number of hydrogen-bond acceptors (Lipinski definition) is 4. The Morgan fingerprint density at radius 2 is 2.00 bits per heavy atom. The number of esters is 1. The van der Waals surface area contributed by atoms with E-state index in [1.165, 1.54) is 10.7 Å². The van der Waals surface area contributed by atoms with Gasteiger partial charge in [0.25, 0.3) is 0 Å². The maximum atomic E-state index is 12.0. The first kappa shape index (κ1) is 16.2. The Kier molecular flexibility index (Phi) is 5.33. The topological polar surface area (TPSA) is 61.2 Å². The standard InChI is InChI=1S/C16H17ClN2O3/c1-3-4-9-22-16(21)15-14(20)10-11(2)19(18-15)13-7-5-12(17)6-8-13/h5-8,10H,3-4,9H2,1-2H3. The highest BCUT2D eigenvalue weighted by Gasteiger charge is 2.16. The van der Waals surface area contributed by atoms with E-state index in [1.54, 1.807) is 31.2 Å². The zero-order chi connectivity index (χ0) is 16.1. The summed E-state index contributed by atoms with van der Waals surface area (Å²) in [4.78, 5) is 23.9. The second-order valence-electron chi connectivity index (χ2n) is 4.88. The van der Waals surface area contributed by atoms with Crippen molar-refractivity contribution in [2.45, 2.75) is 26.7 Å². The van der Waals surface area contributed by atoms with E-state index in [-0.39, 0.29) is 12.3 Å². The molecule has 0 spiro atoms. The lowest BCUT2D eigenvalue weighted by Gasteiger charge is -2.11. The molecule has 0 unspecified atom stereocenters. The number of halogens is 1. The predicted molar refractivity (Wildman–Crippen MR) is 84.8 cm³/mol. The van der Waals surface area contributed by atoms with Gasteiger partial charge in [0.05, 0.1) is 12.3 Å². The van der Waals surface area contributed by atoms with E-state index in [2.05, 4.69) is 5.10 Å². The van der Waals surface area contributed by atoms with Gasteiger partial charge < -0.3 is 4.74 Å². The van der Waals surface area contributed by atoms with Crippen LogP contribution in [0.1, 0.15) is 35.9 Å². The summed E-state index contributed by atoms with van der Waals surface area (Å²) in [7, 11) is 0. The number of aromatic nitrogens is 2. The van der Waals surface area contributed by atoms with Gasteiger partial charge >= 0.3 is 5.97 Å². The molecule has 2 aromatic rings. The maximum Gasteiger partial charge on any atom is 0.362 e. The molecule has 0 atom stereocenters. The molecule has 22 heavy (non-hydrogen) atoms. The second kappa shape index (κ2) is 7.22. The number of carbonyl (C=O) groups is 1. The maximum absolute atomic E-state index is 12.0. The first-order valence-corrected chi connectivity index (χ1v) is 7.44. The van der Waals surface area contributed by atoms with Crippen LogP contribution in [0.5, 0.6) is 0 Å². The molecule has 0 radical (unpaired) electrons. The monoisotopic (exact) mass is 320 g/mol. The fourth-order valence-corrected chi connectivity index (χ4v) is 2.04. The van der Waals surface area contributed by atoms with Gasteiger partial charge in [-0.3, -0.25) is 4.79 Å². The van der Waals surface area contributed by atoms with Crippen LogP contribution in [0.2, 0.25) is 5.02 Å². The van der Waals surface area contributed by atoms with Crippen LogP contribution >= 0.6 is 11.6 Å². The summed E-state index contributed by atoms with van der Waals surface area (Å²) in [5.41, 5.74) is 0.683. The van der Waals surface area contributed by atoms with E-state index in [9.17, 15) is 9.59 Å². The summed E-state index contributed by atoms with van der Waals surface area (Å²) in [6, 6.07) is 8.33. The van der Waals surface area contributed by atoms with E-state index in [4.69, 9.17) is 16.3 Å². The molecule has 1 aromatic carbocycles. The Bertz CT molecular complexity index is 723. The van der Waals surface area contributed by atoms with Crippen molar-refractivity contribution in [1.29, 1.82) is 0 Å². The zero-order valence-corrected chi connectivity index (χ0v) is 13.3. The smallest absolute Gasteiger partial charge is 0.362 e. The number of benzene rings is 1. The van der Waals surface area contributed by atoms with Crippen LogP contribution in [0.4, 0.5) is 0 Å². The molecule has 0 saturated carbocycles. The third kappa shape index (κ3) is 3.74. The number of unbranched alkanes of at least 4 members (excludes halogenated alkanes) is 1. The molecular weight excluding hydrogens is 304 g/mol. The van der Waals surface area contributed by atoms with Crippen molar-refractivity contribution >= 4 is 17.6 Å². The van der Waals surface area contributed by atoms with Gasteiger partial charge in [-0.15, -0.1) is 0 Å². The molecule has 0 aliphatic heterocycles. The summed E-state index contributed by atoms with van der Waals surface area (Å²) in [6.45, 7) is 4.02. The highest BCUT2D eigenvalue weighted by atomic mass is 35.5. The molecule has 0 aliphatic rings. The average molecular weight is 321 g/mol. The number of nitrogens with zero attached hydrogens (tertiary/aromatic N) is 2. The zero-order valence-electron chi connectivity index (χ0n) is 12.5. The number of carbonyl (C=O) groups excluding carboxylic acids is 1. The molecule has 6 heteroatoms. The van der Waals surface area contributed by atoms with Crippen LogP contribution < -0.4 is 5.43 Å². The molecule has 5 nitrogen and oxygen atoms in total. The lowest BCUT2D eigenvalue weighted by Crippen LogP contribution is -2.24. The average Bonchev–Trinajstić information content (AvgIpc) is 2.48. The highest BCUT2D eigenvalue weighted by Crippen LogP contribution is 2.13.